The second-order valence-corrected chi connectivity index (χ2v) is 1.93. The van der Waals surface area contributed by atoms with Crippen molar-refractivity contribution in [2.45, 2.75) is 0 Å². The molecule has 0 atom stereocenters. The summed E-state index contributed by atoms with van der Waals surface area (Å²) in [5, 5.41) is 0. The van der Waals surface area contributed by atoms with Crippen molar-refractivity contribution >= 4 is 34.8 Å². The fraction of sp³-hybridized carbons (Fsp3) is 0. The Morgan fingerprint density at radius 1 is 1.17 bits per heavy atom. The molecule has 0 aliphatic rings. The summed E-state index contributed by atoms with van der Waals surface area (Å²) in [6, 6.07) is 0. The molecule has 34 valence electrons. The molecule has 0 aliphatic heterocycles. The van der Waals surface area contributed by atoms with Crippen LogP contribution < -0.4 is 0 Å². The van der Waals surface area contributed by atoms with Crippen LogP contribution in [0.25, 0.3) is 0 Å². The fourth-order valence-corrected chi connectivity index (χ4v) is 0. The van der Waals surface area contributed by atoms with Crippen molar-refractivity contribution in [2.75, 3.05) is 0 Å². The zero-order valence-electron chi connectivity index (χ0n) is 2.75. The molecule has 0 amide bonds. The summed E-state index contributed by atoms with van der Waals surface area (Å²) in [5.41, 5.74) is 0. The molecule has 0 aromatic heterocycles. The number of hydrogen-bond donors (Lipinski definition) is 0. The van der Waals surface area contributed by atoms with Crippen molar-refractivity contribution in [3.05, 3.63) is 4.30 Å². The summed E-state index contributed by atoms with van der Waals surface area (Å²) in [6.07, 6.45) is 0. The van der Waals surface area contributed by atoms with Gasteiger partial charge in [-0.1, -0.05) is 4.30 Å². The summed E-state index contributed by atoms with van der Waals surface area (Å²) in [6.45, 7) is 0. The van der Waals surface area contributed by atoms with Gasteiger partial charge in [-0.15, -0.1) is 0 Å². The van der Waals surface area contributed by atoms with Gasteiger partial charge in [-0.05, 0) is 0 Å². The van der Waals surface area contributed by atoms with E-state index in [0.29, 0.717) is 0 Å². The Morgan fingerprint density at radius 3 is 1.17 bits per heavy atom. The third-order valence-electron chi connectivity index (χ3n) is 0. The molecular formula is CCl3OZn-. The zero-order valence-corrected chi connectivity index (χ0v) is 7.98. The molecule has 0 aromatic carbocycles. The van der Waals surface area contributed by atoms with Gasteiger partial charge in [-0.3, -0.25) is 0 Å². The monoisotopic (exact) mass is 197 g/mol. The topological polar surface area (TPSA) is 17.1 Å². The summed E-state index contributed by atoms with van der Waals surface area (Å²) in [5.74, 6) is 0. The van der Waals surface area contributed by atoms with Gasteiger partial charge in [0.2, 0.25) is 0 Å². The zero-order chi connectivity index (χ0) is 5.58. The molecule has 0 heterocycles. The van der Waals surface area contributed by atoms with E-state index in [-0.39, 0.29) is 22.5 Å². The van der Waals surface area contributed by atoms with Crippen LogP contribution in [0.3, 0.4) is 0 Å². The van der Waals surface area contributed by atoms with E-state index in [9.17, 15) is 0 Å². The SMILES string of the molecule is Cl[C-](Cl)Cl.[O]=[Zn]. The summed E-state index contributed by atoms with van der Waals surface area (Å²) >= 11 is 14.3. The third kappa shape index (κ3) is 58.3. The van der Waals surface area contributed by atoms with E-state index in [1.807, 2.05) is 0 Å². The van der Waals surface area contributed by atoms with E-state index in [4.69, 9.17) is 38.4 Å². The minimum absolute atomic E-state index is 0.125. The van der Waals surface area contributed by atoms with Crippen molar-refractivity contribution in [3.8, 4) is 0 Å². The first-order valence-corrected chi connectivity index (χ1v) is 3.20. The normalized spacial score (nSPS) is 7.00. The number of halogens is 3. The van der Waals surface area contributed by atoms with Gasteiger partial charge in [0.05, 0.1) is 0 Å². The van der Waals surface area contributed by atoms with Crippen LogP contribution in [0.1, 0.15) is 0 Å². The van der Waals surface area contributed by atoms with E-state index in [2.05, 4.69) is 0 Å². The molecule has 0 rings (SSSR count). The van der Waals surface area contributed by atoms with Crippen molar-refractivity contribution in [1.29, 1.82) is 0 Å². The minimum atomic E-state index is -0.167. The summed E-state index contributed by atoms with van der Waals surface area (Å²) < 4.78 is 8.21. The first-order valence-electron chi connectivity index (χ1n) is 0.856. The van der Waals surface area contributed by atoms with Crippen molar-refractivity contribution in [2.24, 2.45) is 0 Å². The van der Waals surface area contributed by atoms with Crippen LogP contribution in [-0.2, 0) is 21.8 Å². The van der Waals surface area contributed by atoms with Gasteiger partial charge in [0.15, 0.2) is 0 Å². The molecule has 0 aliphatic carbocycles. The average molecular weight is 200 g/mol. The second-order valence-electron chi connectivity index (χ2n) is 0.214. The quantitative estimate of drug-likeness (QED) is 0.431. The van der Waals surface area contributed by atoms with E-state index in [1.165, 1.54) is 0 Å². The second kappa shape index (κ2) is 9.57. The van der Waals surface area contributed by atoms with Gasteiger partial charge < -0.3 is 34.8 Å². The van der Waals surface area contributed by atoms with E-state index in [1.54, 1.807) is 0 Å². The van der Waals surface area contributed by atoms with Crippen LogP contribution >= 0.6 is 34.8 Å². The first kappa shape index (κ1) is 10.3. The molecule has 0 unspecified atom stereocenters. The predicted molar refractivity (Wildman–Crippen MR) is 21.5 cm³/mol. The summed E-state index contributed by atoms with van der Waals surface area (Å²) in [7, 11) is 0. The van der Waals surface area contributed by atoms with Crippen LogP contribution in [0.5, 0.6) is 0 Å². The molecule has 0 aromatic rings. The van der Waals surface area contributed by atoms with Crippen molar-refractivity contribution in [3.63, 3.8) is 0 Å². The Hall–Kier alpha value is 1.29. The standard InChI is InChI=1S/CCl3.O.Zn/c2-1(3)4;;/q-1;;. The molecule has 0 saturated heterocycles. The molecule has 1 nitrogen and oxygen atoms in total. The Kier molecular flexibility index (Phi) is 16.4. The third-order valence-corrected chi connectivity index (χ3v) is 0. The molecule has 0 N–H and O–H groups in total. The Labute approximate surface area is 60.9 Å². The Bertz CT molecular complexity index is 22.0. The molecule has 0 fully saturated rings. The van der Waals surface area contributed by atoms with Gasteiger partial charge in [-0.2, -0.15) is 0 Å². The van der Waals surface area contributed by atoms with Crippen LogP contribution in [0.4, 0.5) is 0 Å². The summed E-state index contributed by atoms with van der Waals surface area (Å²) in [4.78, 5) is 0. The van der Waals surface area contributed by atoms with Gasteiger partial charge in [0.1, 0.15) is 0 Å². The van der Waals surface area contributed by atoms with Gasteiger partial charge in [-0.25, -0.2) is 0 Å². The predicted octanol–water partition coefficient (Wildman–Crippen LogP) is 2.03. The molecule has 0 radical (unpaired) electrons. The van der Waals surface area contributed by atoms with Gasteiger partial charge in [0.25, 0.3) is 0 Å². The van der Waals surface area contributed by atoms with Crippen LogP contribution in [0.15, 0.2) is 0 Å². The fourth-order valence-electron chi connectivity index (χ4n) is 0. The molecule has 5 heteroatoms. The van der Waals surface area contributed by atoms with E-state index < -0.39 is 0 Å². The molecule has 0 bridgehead atoms. The van der Waals surface area contributed by atoms with Gasteiger partial charge >= 0.3 is 21.8 Å². The average Bonchev–Trinajstić information content (AvgIpc) is 1.41. The number of rotatable bonds is 0. The Morgan fingerprint density at radius 2 is 1.17 bits per heavy atom. The van der Waals surface area contributed by atoms with Crippen LogP contribution in [0.2, 0.25) is 0 Å². The van der Waals surface area contributed by atoms with Crippen LogP contribution in [-0.4, -0.2) is 0 Å². The molecule has 0 saturated carbocycles. The van der Waals surface area contributed by atoms with Crippen molar-refractivity contribution < 1.29 is 21.8 Å². The number of hydrogen-bond acceptors (Lipinski definition) is 1. The van der Waals surface area contributed by atoms with Crippen molar-refractivity contribution in [1.82, 2.24) is 0 Å². The first-order chi connectivity index (χ1) is 2.73. The van der Waals surface area contributed by atoms with Gasteiger partial charge in [0, 0.05) is 0 Å². The van der Waals surface area contributed by atoms with Crippen LogP contribution in [0, 0.1) is 4.30 Å². The van der Waals surface area contributed by atoms with E-state index in [0.717, 1.165) is 0 Å². The molecule has 0 spiro atoms. The Balaban J connectivity index is 0. The molecule has 6 heavy (non-hydrogen) atoms. The van der Waals surface area contributed by atoms with E-state index >= 15 is 0 Å². The molecular weight excluding hydrogens is 200 g/mol. The maximum atomic E-state index is 8.38. The maximum absolute atomic E-state index is 8.38.